The van der Waals surface area contributed by atoms with Crippen molar-refractivity contribution >= 4 is 0 Å². The topological polar surface area (TPSA) is 35.2 Å². The summed E-state index contributed by atoms with van der Waals surface area (Å²) < 4.78 is 67.9. The van der Waals surface area contributed by atoms with E-state index in [9.17, 15) is 22.0 Å². The van der Waals surface area contributed by atoms with Gasteiger partial charge >= 0.3 is 12.1 Å². The molecule has 0 amide bonds. The maximum atomic E-state index is 13.1. The summed E-state index contributed by atoms with van der Waals surface area (Å²) in [4.78, 5) is 0. The van der Waals surface area contributed by atoms with E-state index in [-0.39, 0.29) is 5.56 Å². The van der Waals surface area contributed by atoms with E-state index in [2.05, 4.69) is 0 Å². The normalized spacial score (nSPS) is 17.2. The van der Waals surface area contributed by atoms with Gasteiger partial charge in [0.25, 0.3) is 0 Å². The molecule has 0 spiro atoms. The Morgan fingerprint density at radius 1 is 1.17 bits per heavy atom. The Hall–Kier alpha value is -1.37. The Labute approximate surface area is 99.5 Å². The van der Waals surface area contributed by atoms with Crippen LogP contribution in [0.4, 0.5) is 22.0 Å². The highest BCUT2D eigenvalue weighted by Crippen LogP contribution is 2.44. The second-order valence-corrected chi connectivity index (χ2v) is 4.06. The Kier molecular flexibility index (Phi) is 2.96. The zero-order valence-electron chi connectivity index (χ0n) is 9.10. The number of hydrogen-bond donors (Lipinski definition) is 1. The van der Waals surface area contributed by atoms with E-state index in [1.54, 1.807) is 0 Å². The molecule has 0 bridgehead atoms. The van der Waals surface area contributed by atoms with Crippen LogP contribution in [0.15, 0.2) is 18.2 Å². The van der Waals surface area contributed by atoms with Gasteiger partial charge in [0.15, 0.2) is 0 Å². The quantitative estimate of drug-likeness (QED) is 0.836. The molecule has 0 aromatic heterocycles. The molecule has 0 unspecified atom stereocenters. The van der Waals surface area contributed by atoms with Crippen LogP contribution in [0.25, 0.3) is 0 Å². The summed E-state index contributed by atoms with van der Waals surface area (Å²) in [6.45, 7) is 0.393. The lowest BCUT2D eigenvalue weighted by molar-refractivity contribution is -0.291. The molecule has 1 heterocycles. The standard InChI is InChI=1S/C11H10F5NO/c12-10(13,11(14,15)16)9(17)7-1-2-8-6(5-7)3-4-18-8/h1-2,5,9H,3-4,17H2/t9-/m1/s1. The number of fused-ring (bicyclic) bond motifs is 1. The average Bonchev–Trinajstić information content (AvgIpc) is 2.73. The van der Waals surface area contributed by atoms with Crippen LogP contribution in [0.1, 0.15) is 17.2 Å². The zero-order valence-corrected chi connectivity index (χ0v) is 9.10. The number of halogens is 5. The molecule has 1 aromatic carbocycles. The van der Waals surface area contributed by atoms with Crippen LogP contribution in [0.3, 0.4) is 0 Å². The number of benzene rings is 1. The lowest BCUT2D eigenvalue weighted by atomic mass is 9.98. The third-order valence-electron chi connectivity index (χ3n) is 2.84. The minimum Gasteiger partial charge on any atom is -0.493 e. The van der Waals surface area contributed by atoms with Crippen molar-refractivity contribution in [1.29, 1.82) is 0 Å². The highest BCUT2D eigenvalue weighted by Gasteiger charge is 2.61. The molecule has 1 aliphatic heterocycles. The predicted octanol–water partition coefficient (Wildman–Crippen LogP) is 2.82. The molecule has 2 rings (SSSR count). The summed E-state index contributed by atoms with van der Waals surface area (Å²) in [5.41, 5.74) is 5.39. The second kappa shape index (κ2) is 4.08. The van der Waals surface area contributed by atoms with Gasteiger partial charge in [-0.15, -0.1) is 0 Å². The molecule has 1 aromatic rings. The number of nitrogens with two attached hydrogens (primary N) is 1. The van der Waals surface area contributed by atoms with Crippen LogP contribution < -0.4 is 10.5 Å². The minimum atomic E-state index is -5.66. The Balaban J connectivity index is 2.32. The summed E-state index contributed by atoms with van der Waals surface area (Å²) in [6, 6.07) is 1.33. The van der Waals surface area contributed by atoms with Gasteiger partial charge in [0.05, 0.1) is 6.61 Å². The molecule has 100 valence electrons. The zero-order chi connectivity index (χ0) is 13.6. The van der Waals surface area contributed by atoms with Gasteiger partial charge in [0.1, 0.15) is 11.8 Å². The summed E-state index contributed by atoms with van der Waals surface area (Å²) in [5, 5.41) is 0. The summed E-state index contributed by atoms with van der Waals surface area (Å²) in [6.07, 6.45) is -5.19. The maximum Gasteiger partial charge on any atom is 0.455 e. The first-order valence-electron chi connectivity index (χ1n) is 5.19. The summed E-state index contributed by atoms with van der Waals surface area (Å²) >= 11 is 0. The highest BCUT2D eigenvalue weighted by atomic mass is 19.4. The molecule has 2 N–H and O–H groups in total. The van der Waals surface area contributed by atoms with Crippen molar-refractivity contribution < 1.29 is 26.7 Å². The van der Waals surface area contributed by atoms with Crippen molar-refractivity contribution in [1.82, 2.24) is 0 Å². The van der Waals surface area contributed by atoms with E-state index in [1.807, 2.05) is 0 Å². The monoisotopic (exact) mass is 267 g/mol. The van der Waals surface area contributed by atoms with E-state index < -0.39 is 18.1 Å². The third kappa shape index (κ3) is 2.03. The van der Waals surface area contributed by atoms with Crippen molar-refractivity contribution in [3.05, 3.63) is 29.3 Å². The highest BCUT2D eigenvalue weighted by molar-refractivity contribution is 5.41. The van der Waals surface area contributed by atoms with Crippen LogP contribution >= 0.6 is 0 Å². The Morgan fingerprint density at radius 3 is 2.44 bits per heavy atom. The number of rotatable bonds is 2. The Bertz CT molecular complexity index is 457. The molecule has 18 heavy (non-hydrogen) atoms. The molecule has 1 aliphatic rings. The van der Waals surface area contributed by atoms with Crippen molar-refractivity contribution in [3.63, 3.8) is 0 Å². The van der Waals surface area contributed by atoms with Gasteiger partial charge in [0.2, 0.25) is 0 Å². The average molecular weight is 267 g/mol. The number of alkyl halides is 5. The van der Waals surface area contributed by atoms with Gasteiger partial charge in [-0.25, -0.2) is 0 Å². The first-order valence-corrected chi connectivity index (χ1v) is 5.19. The third-order valence-corrected chi connectivity index (χ3v) is 2.84. The lowest BCUT2D eigenvalue weighted by Gasteiger charge is -2.26. The molecule has 2 nitrogen and oxygen atoms in total. The van der Waals surface area contributed by atoms with E-state index >= 15 is 0 Å². The van der Waals surface area contributed by atoms with Gasteiger partial charge < -0.3 is 10.5 Å². The smallest absolute Gasteiger partial charge is 0.455 e. The molecule has 1 atom stereocenters. The van der Waals surface area contributed by atoms with E-state index in [0.29, 0.717) is 24.3 Å². The van der Waals surface area contributed by atoms with Crippen LogP contribution in [0.5, 0.6) is 5.75 Å². The second-order valence-electron chi connectivity index (χ2n) is 4.06. The largest absolute Gasteiger partial charge is 0.493 e. The van der Waals surface area contributed by atoms with Gasteiger partial charge in [-0.2, -0.15) is 22.0 Å². The molecule has 0 aliphatic carbocycles. The molecule has 0 fully saturated rings. The van der Waals surface area contributed by atoms with Gasteiger partial charge in [0, 0.05) is 6.42 Å². The SMILES string of the molecule is N[C@H](c1ccc2c(c1)CCO2)C(F)(F)C(F)(F)F. The van der Waals surface area contributed by atoms with Crippen LogP contribution in [0, 0.1) is 0 Å². The van der Waals surface area contributed by atoms with Gasteiger partial charge in [-0.05, 0) is 17.2 Å². The fourth-order valence-corrected chi connectivity index (χ4v) is 1.79. The van der Waals surface area contributed by atoms with E-state index in [0.717, 1.165) is 6.07 Å². The molecular formula is C11H10F5NO. The van der Waals surface area contributed by atoms with Crippen molar-refractivity contribution in [2.75, 3.05) is 6.61 Å². The number of ether oxygens (including phenoxy) is 1. The molecule has 0 radical (unpaired) electrons. The summed E-state index contributed by atoms with van der Waals surface area (Å²) in [5.74, 6) is -4.46. The summed E-state index contributed by atoms with van der Waals surface area (Å²) in [7, 11) is 0. The predicted molar refractivity (Wildman–Crippen MR) is 53.6 cm³/mol. The molecule has 0 saturated heterocycles. The minimum absolute atomic E-state index is 0.249. The molecular weight excluding hydrogens is 257 g/mol. The molecule has 0 saturated carbocycles. The van der Waals surface area contributed by atoms with Crippen LogP contribution in [-0.4, -0.2) is 18.7 Å². The van der Waals surface area contributed by atoms with Crippen molar-refractivity contribution in [2.24, 2.45) is 5.73 Å². The van der Waals surface area contributed by atoms with Gasteiger partial charge in [-0.3, -0.25) is 0 Å². The first-order chi connectivity index (χ1) is 8.23. The van der Waals surface area contributed by atoms with Crippen molar-refractivity contribution in [3.8, 4) is 5.75 Å². The van der Waals surface area contributed by atoms with Crippen molar-refractivity contribution in [2.45, 2.75) is 24.6 Å². The van der Waals surface area contributed by atoms with Gasteiger partial charge in [-0.1, -0.05) is 12.1 Å². The van der Waals surface area contributed by atoms with E-state index in [1.165, 1.54) is 12.1 Å². The lowest BCUT2D eigenvalue weighted by Crippen LogP contribution is -2.45. The van der Waals surface area contributed by atoms with Crippen LogP contribution in [-0.2, 0) is 6.42 Å². The first kappa shape index (κ1) is 13.1. The number of hydrogen-bond acceptors (Lipinski definition) is 2. The maximum absolute atomic E-state index is 13.1. The van der Waals surface area contributed by atoms with E-state index in [4.69, 9.17) is 10.5 Å². The fourth-order valence-electron chi connectivity index (χ4n) is 1.79. The molecule has 7 heteroatoms. The fraction of sp³-hybridized carbons (Fsp3) is 0.455. The Morgan fingerprint density at radius 2 is 1.83 bits per heavy atom. The van der Waals surface area contributed by atoms with Crippen LogP contribution in [0.2, 0.25) is 0 Å².